The fraction of sp³-hybridized carbons (Fsp3) is 0.333. The molecule has 0 aromatic heterocycles. The maximum atomic E-state index is 11.5. The normalized spacial score (nSPS) is 15.6. The molecular formula is C9H13O2P. The smallest absolute Gasteiger partial charge is 0.229 e. The van der Waals surface area contributed by atoms with Crippen LogP contribution in [0, 0.1) is 6.92 Å². The van der Waals surface area contributed by atoms with E-state index in [1.165, 1.54) is 0 Å². The van der Waals surface area contributed by atoms with E-state index >= 15 is 0 Å². The fourth-order valence-corrected chi connectivity index (χ4v) is 1.94. The van der Waals surface area contributed by atoms with Crippen LogP contribution in [0.15, 0.2) is 24.3 Å². The van der Waals surface area contributed by atoms with Gasteiger partial charge in [0.2, 0.25) is 7.37 Å². The first-order valence-corrected chi connectivity index (χ1v) is 5.80. The van der Waals surface area contributed by atoms with Gasteiger partial charge in [-0.25, -0.2) is 0 Å². The van der Waals surface area contributed by atoms with Crippen LogP contribution in [0.5, 0.6) is 0 Å². The lowest BCUT2D eigenvalue weighted by atomic mass is 10.2. The standard InChI is InChI=1S/C9H13O2P/c1-3-12(10,11)9-6-4-8(2)5-7-9/h4-7H,3H2,1-2H3,(H,10,11). The van der Waals surface area contributed by atoms with Crippen molar-refractivity contribution in [3.63, 3.8) is 0 Å². The van der Waals surface area contributed by atoms with Gasteiger partial charge in [0.25, 0.3) is 0 Å². The van der Waals surface area contributed by atoms with Gasteiger partial charge in [-0.1, -0.05) is 24.6 Å². The minimum Gasteiger partial charge on any atom is -0.341 e. The van der Waals surface area contributed by atoms with E-state index in [9.17, 15) is 9.46 Å². The molecule has 0 aliphatic rings. The third-order valence-electron chi connectivity index (χ3n) is 1.87. The predicted octanol–water partition coefficient (Wildman–Crippen LogP) is 1.91. The molecule has 12 heavy (non-hydrogen) atoms. The Hall–Kier alpha value is -0.590. The third-order valence-corrected chi connectivity index (χ3v) is 3.83. The summed E-state index contributed by atoms with van der Waals surface area (Å²) in [6.45, 7) is 3.68. The second-order valence-electron chi connectivity index (χ2n) is 2.85. The second-order valence-corrected chi connectivity index (χ2v) is 5.41. The van der Waals surface area contributed by atoms with Crippen LogP contribution in [0.2, 0.25) is 0 Å². The van der Waals surface area contributed by atoms with E-state index in [1.54, 1.807) is 19.1 Å². The zero-order valence-corrected chi connectivity index (χ0v) is 8.21. The van der Waals surface area contributed by atoms with Gasteiger partial charge < -0.3 is 4.89 Å². The minimum atomic E-state index is -3.05. The Kier molecular flexibility index (Phi) is 2.71. The SMILES string of the molecule is CCP(=O)(O)c1ccc(C)cc1. The molecule has 2 nitrogen and oxygen atoms in total. The summed E-state index contributed by atoms with van der Waals surface area (Å²) < 4.78 is 11.5. The molecule has 66 valence electrons. The fourth-order valence-electron chi connectivity index (χ4n) is 0.960. The van der Waals surface area contributed by atoms with Crippen molar-refractivity contribution >= 4 is 12.7 Å². The molecule has 1 aromatic rings. The molecule has 0 radical (unpaired) electrons. The number of hydrogen-bond acceptors (Lipinski definition) is 1. The first-order valence-electron chi connectivity index (χ1n) is 3.95. The molecule has 0 saturated carbocycles. The van der Waals surface area contributed by atoms with Gasteiger partial charge in [-0.15, -0.1) is 0 Å². The third kappa shape index (κ3) is 1.96. The molecule has 3 heteroatoms. The Morgan fingerprint density at radius 2 is 1.83 bits per heavy atom. The monoisotopic (exact) mass is 184 g/mol. The molecule has 1 atom stereocenters. The van der Waals surface area contributed by atoms with E-state index in [0.717, 1.165) is 5.56 Å². The minimum absolute atomic E-state index is 0.302. The summed E-state index contributed by atoms with van der Waals surface area (Å²) >= 11 is 0. The number of rotatable bonds is 2. The van der Waals surface area contributed by atoms with Crippen molar-refractivity contribution in [1.29, 1.82) is 0 Å². The summed E-state index contributed by atoms with van der Waals surface area (Å²) in [6.07, 6.45) is 0.302. The quantitative estimate of drug-likeness (QED) is 0.713. The lowest BCUT2D eigenvalue weighted by Gasteiger charge is -2.08. The highest BCUT2D eigenvalue weighted by atomic mass is 31.2. The molecule has 1 unspecified atom stereocenters. The first kappa shape index (κ1) is 9.50. The number of aryl methyl sites for hydroxylation is 1. The Balaban J connectivity index is 3.05. The maximum Gasteiger partial charge on any atom is 0.229 e. The lowest BCUT2D eigenvalue weighted by Crippen LogP contribution is -2.05. The summed E-state index contributed by atoms with van der Waals surface area (Å²) in [5.41, 5.74) is 1.11. The zero-order valence-electron chi connectivity index (χ0n) is 7.32. The van der Waals surface area contributed by atoms with Gasteiger partial charge in [0.05, 0.1) is 0 Å². The molecule has 1 N–H and O–H groups in total. The predicted molar refractivity (Wildman–Crippen MR) is 51.2 cm³/mol. The summed E-state index contributed by atoms with van der Waals surface area (Å²) in [4.78, 5) is 9.44. The average Bonchev–Trinajstić information content (AvgIpc) is 2.05. The van der Waals surface area contributed by atoms with E-state index in [4.69, 9.17) is 0 Å². The Morgan fingerprint density at radius 3 is 2.25 bits per heavy atom. The second kappa shape index (κ2) is 3.42. The Bertz CT molecular complexity index is 303. The van der Waals surface area contributed by atoms with Crippen LogP contribution >= 0.6 is 7.37 Å². The van der Waals surface area contributed by atoms with Gasteiger partial charge in [0.15, 0.2) is 0 Å². The van der Waals surface area contributed by atoms with E-state index in [0.29, 0.717) is 11.5 Å². The lowest BCUT2D eigenvalue weighted by molar-refractivity contribution is 0.491. The van der Waals surface area contributed by atoms with Crippen LogP contribution in [-0.2, 0) is 4.57 Å². The molecular weight excluding hydrogens is 171 g/mol. The van der Waals surface area contributed by atoms with Crippen LogP contribution in [0.3, 0.4) is 0 Å². The largest absolute Gasteiger partial charge is 0.341 e. The van der Waals surface area contributed by atoms with Crippen molar-refractivity contribution in [2.45, 2.75) is 13.8 Å². The van der Waals surface area contributed by atoms with E-state index in [-0.39, 0.29) is 0 Å². The Labute approximate surface area is 72.7 Å². The Morgan fingerprint density at radius 1 is 1.33 bits per heavy atom. The first-order chi connectivity index (χ1) is 5.56. The molecule has 0 spiro atoms. The molecule has 0 aliphatic heterocycles. The van der Waals surface area contributed by atoms with Gasteiger partial charge in [-0.2, -0.15) is 0 Å². The van der Waals surface area contributed by atoms with Gasteiger partial charge in [-0.05, 0) is 19.1 Å². The van der Waals surface area contributed by atoms with Gasteiger partial charge in [0.1, 0.15) is 0 Å². The summed E-state index contributed by atoms with van der Waals surface area (Å²) in [7, 11) is -3.05. The van der Waals surface area contributed by atoms with Gasteiger partial charge in [-0.3, -0.25) is 4.57 Å². The number of benzene rings is 1. The van der Waals surface area contributed by atoms with Gasteiger partial charge in [0, 0.05) is 11.5 Å². The molecule has 0 amide bonds. The summed E-state index contributed by atoms with van der Waals surface area (Å²) in [5.74, 6) is 0. The van der Waals surface area contributed by atoms with Gasteiger partial charge >= 0.3 is 0 Å². The topological polar surface area (TPSA) is 37.3 Å². The van der Waals surface area contributed by atoms with Crippen molar-refractivity contribution in [2.24, 2.45) is 0 Å². The zero-order chi connectivity index (χ0) is 9.19. The highest BCUT2D eigenvalue weighted by molar-refractivity contribution is 7.66. The van der Waals surface area contributed by atoms with Crippen molar-refractivity contribution < 1.29 is 9.46 Å². The maximum absolute atomic E-state index is 11.5. The van der Waals surface area contributed by atoms with Crippen LogP contribution in [0.4, 0.5) is 0 Å². The van der Waals surface area contributed by atoms with Crippen molar-refractivity contribution in [1.82, 2.24) is 0 Å². The highest BCUT2D eigenvalue weighted by Crippen LogP contribution is 2.38. The van der Waals surface area contributed by atoms with Crippen molar-refractivity contribution in [3.05, 3.63) is 29.8 Å². The summed E-state index contributed by atoms with van der Waals surface area (Å²) in [6, 6.07) is 7.15. The van der Waals surface area contributed by atoms with Crippen molar-refractivity contribution in [3.8, 4) is 0 Å². The highest BCUT2D eigenvalue weighted by Gasteiger charge is 2.17. The molecule has 0 fully saturated rings. The molecule has 0 heterocycles. The van der Waals surface area contributed by atoms with Crippen LogP contribution in [0.25, 0.3) is 0 Å². The average molecular weight is 184 g/mol. The molecule has 0 bridgehead atoms. The van der Waals surface area contributed by atoms with Crippen LogP contribution in [-0.4, -0.2) is 11.1 Å². The molecule has 0 saturated heterocycles. The van der Waals surface area contributed by atoms with Crippen molar-refractivity contribution in [2.75, 3.05) is 6.16 Å². The van der Waals surface area contributed by atoms with E-state index in [2.05, 4.69) is 0 Å². The molecule has 1 rings (SSSR count). The molecule has 0 aliphatic carbocycles. The number of hydrogen-bond donors (Lipinski definition) is 1. The summed E-state index contributed by atoms with van der Waals surface area (Å²) in [5, 5.41) is 0.551. The van der Waals surface area contributed by atoms with Crippen LogP contribution in [0.1, 0.15) is 12.5 Å². The van der Waals surface area contributed by atoms with E-state index < -0.39 is 7.37 Å². The molecule has 1 aromatic carbocycles. The van der Waals surface area contributed by atoms with Crippen LogP contribution < -0.4 is 5.30 Å². The van der Waals surface area contributed by atoms with E-state index in [1.807, 2.05) is 19.1 Å².